The SMILES string of the molecule is C[C@@H]1C(=O)N(C)c2ccc(Nc3cccc(C(=O)N4CCN(C)CC4)c3)nc2N1C1CCN(C(=O)OC(C)(C)C)CC1. The van der Waals surface area contributed by atoms with Crippen molar-refractivity contribution in [3.8, 4) is 0 Å². The molecule has 5 rings (SSSR count). The van der Waals surface area contributed by atoms with Gasteiger partial charge in [0.05, 0.1) is 5.69 Å². The fourth-order valence-electron chi connectivity index (χ4n) is 5.88. The average Bonchev–Trinajstić information content (AvgIpc) is 2.96. The number of benzene rings is 1. The molecule has 0 spiro atoms. The fraction of sp³-hybridized carbons (Fsp3) is 0.548. The third-order valence-corrected chi connectivity index (χ3v) is 8.25. The standard InChI is InChI=1S/C31H43N7O4/c1-21-28(39)35(6)25-10-11-26(32-23-9-7-8-22(20-23)29(40)36-18-16-34(5)17-19-36)33-27(25)38(21)24-12-14-37(15-13-24)30(41)42-31(2,3)4/h7-11,20-21,24H,12-19H2,1-6H3,(H,32,33)/t21-/m1/s1. The Hall–Kier alpha value is -3.86. The van der Waals surface area contributed by atoms with Crippen molar-refractivity contribution in [2.45, 2.75) is 58.2 Å². The van der Waals surface area contributed by atoms with Gasteiger partial charge in [0, 0.05) is 63.6 Å². The van der Waals surface area contributed by atoms with E-state index in [0.29, 0.717) is 37.3 Å². The zero-order valence-corrected chi connectivity index (χ0v) is 25.6. The van der Waals surface area contributed by atoms with Crippen LogP contribution in [-0.4, -0.2) is 109 Å². The lowest BCUT2D eigenvalue weighted by molar-refractivity contribution is -0.119. The lowest BCUT2D eigenvalue weighted by Crippen LogP contribution is -2.57. The number of hydrogen-bond donors (Lipinski definition) is 1. The molecule has 0 saturated carbocycles. The molecule has 0 radical (unpaired) electrons. The largest absolute Gasteiger partial charge is 0.444 e. The second-order valence-corrected chi connectivity index (χ2v) is 12.5. The number of fused-ring (bicyclic) bond motifs is 1. The first kappa shape index (κ1) is 29.6. The van der Waals surface area contributed by atoms with Crippen LogP contribution in [0.25, 0.3) is 0 Å². The molecule has 0 bridgehead atoms. The molecule has 3 amide bonds. The van der Waals surface area contributed by atoms with Gasteiger partial charge in [0.1, 0.15) is 17.5 Å². The summed E-state index contributed by atoms with van der Waals surface area (Å²) >= 11 is 0. The summed E-state index contributed by atoms with van der Waals surface area (Å²) in [7, 11) is 3.85. The summed E-state index contributed by atoms with van der Waals surface area (Å²) in [5, 5.41) is 3.38. The number of anilines is 4. The van der Waals surface area contributed by atoms with E-state index in [0.717, 1.165) is 43.4 Å². The number of rotatable bonds is 4. The molecule has 11 heteroatoms. The van der Waals surface area contributed by atoms with Gasteiger partial charge in [0.15, 0.2) is 5.82 Å². The number of nitrogens with zero attached hydrogens (tertiary/aromatic N) is 6. The van der Waals surface area contributed by atoms with Crippen LogP contribution in [0.4, 0.5) is 27.8 Å². The molecule has 226 valence electrons. The summed E-state index contributed by atoms with van der Waals surface area (Å²) in [6.07, 6.45) is 1.10. The van der Waals surface area contributed by atoms with E-state index in [9.17, 15) is 14.4 Å². The Balaban J connectivity index is 1.34. The van der Waals surface area contributed by atoms with Gasteiger partial charge >= 0.3 is 6.09 Å². The number of likely N-dealkylation sites (tertiary alicyclic amines) is 1. The molecule has 1 N–H and O–H groups in total. The summed E-state index contributed by atoms with van der Waals surface area (Å²) in [5.41, 5.74) is 1.61. The minimum absolute atomic E-state index is 0.00898. The molecule has 0 unspecified atom stereocenters. The molecule has 11 nitrogen and oxygen atoms in total. The van der Waals surface area contributed by atoms with Gasteiger partial charge in [-0.1, -0.05) is 6.07 Å². The molecule has 3 aliphatic heterocycles. The van der Waals surface area contributed by atoms with Gasteiger partial charge in [-0.05, 0) is 77.9 Å². The second kappa shape index (κ2) is 11.8. The van der Waals surface area contributed by atoms with Crippen molar-refractivity contribution in [2.75, 3.05) is 68.5 Å². The number of aromatic nitrogens is 1. The molecular weight excluding hydrogens is 534 g/mol. The van der Waals surface area contributed by atoms with Crippen LogP contribution in [0.2, 0.25) is 0 Å². The Bertz CT molecular complexity index is 1330. The molecule has 1 atom stereocenters. The van der Waals surface area contributed by atoms with E-state index < -0.39 is 11.6 Å². The van der Waals surface area contributed by atoms with Gasteiger partial charge in [-0.2, -0.15) is 0 Å². The molecular formula is C31H43N7O4. The van der Waals surface area contributed by atoms with Crippen LogP contribution in [0.1, 0.15) is 50.9 Å². The molecule has 4 heterocycles. The minimum atomic E-state index is -0.546. The van der Waals surface area contributed by atoms with Crippen LogP contribution in [0.3, 0.4) is 0 Å². The van der Waals surface area contributed by atoms with Gasteiger partial charge in [0.25, 0.3) is 5.91 Å². The maximum atomic E-state index is 13.2. The van der Waals surface area contributed by atoms with Crippen LogP contribution >= 0.6 is 0 Å². The normalized spacial score (nSPS) is 20.4. The highest BCUT2D eigenvalue weighted by Gasteiger charge is 2.40. The minimum Gasteiger partial charge on any atom is -0.444 e. The molecule has 42 heavy (non-hydrogen) atoms. The summed E-state index contributed by atoms with van der Waals surface area (Å²) in [4.78, 5) is 53.6. The second-order valence-electron chi connectivity index (χ2n) is 12.5. The Kier molecular flexibility index (Phi) is 8.32. The lowest BCUT2D eigenvalue weighted by atomic mass is 9.99. The van der Waals surface area contributed by atoms with Crippen LogP contribution < -0.4 is 15.1 Å². The number of piperidine rings is 1. The van der Waals surface area contributed by atoms with E-state index in [1.165, 1.54) is 0 Å². The quantitative estimate of drug-likeness (QED) is 0.586. The van der Waals surface area contributed by atoms with E-state index in [1.807, 2.05) is 69.0 Å². The van der Waals surface area contributed by atoms with Crippen LogP contribution in [0.5, 0.6) is 0 Å². The average molecular weight is 578 g/mol. The first-order valence-corrected chi connectivity index (χ1v) is 14.8. The number of piperazine rings is 1. The number of amides is 3. The molecule has 2 fully saturated rings. The molecule has 1 aromatic heterocycles. The number of hydrogen-bond acceptors (Lipinski definition) is 8. The van der Waals surface area contributed by atoms with E-state index in [4.69, 9.17) is 9.72 Å². The van der Waals surface area contributed by atoms with Crippen LogP contribution in [0.15, 0.2) is 36.4 Å². The van der Waals surface area contributed by atoms with Crippen molar-refractivity contribution in [2.24, 2.45) is 0 Å². The number of ether oxygens (including phenoxy) is 1. The van der Waals surface area contributed by atoms with E-state index in [-0.39, 0.29) is 23.9 Å². The third-order valence-electron chi connectivity index (χ3n) is 8.25. The van der Waals surface area contributed by atoms with Gasteiger partial charge in [-0.3, -0.25) is 9.59 Å². The Morgan fingerprint density at radius 3 is 2.31 bits per heavy atom. The zero-order valence-electron chi connectivity index (χ0n) is 25.6. The fourth-order valence-corrected chi connectivity index (χ4v) is 5.88. The monoisotopic (exact) mass is 577 g/mol. The van der Waals surface area contributed by atoms with Gasteiger partial charge < -0.3 is 34.6 Å². The highest BCUT2D eigenvalue weighted by atomic mass is 16.6. The van der Waals surface area contributed by atoms with Crippen molar-refractivity contribution in [3.05, 3.63) is 42.0 Å². The Morgan fingerprint density at radius 1 is 0.952 bits per heavy atom. The molecule has 2 aromatic rings. The van der Waals surface area contributed by atoms with E-state index >= 15 is 0 Å². The topological polar surface area (TPSA) is 102 Å². The highest BCUT2D eigenvalue weighted by Crippen LogP contribution is 2.38. The van der Waals surface area contributed by atoms with Crippen molar-refractivity contribution < 1.29 is 19.1 Å². The van der Waals surface area contributed by atoms with Gasteiger partial charge in [0.2, 0.25) is 5.91 Å². The zero-order chi connectivity index (χ0) is 30.2. The lowest BCUT2D eigenvalue weighted by Gasteiger charge is -2.46. The summed E-state index contributed by atoms with van der Waals surface area (Å²) in [6, 6.07) is 10.9. The van der Waals surface area contributed by atoms with Crippen molar-refractivity contribution in [1.82, 2.24) is 19.7 Å². The summed E-state index contributed by atoms with van der Waals surface area (Å²) in [5.74, 6) is 1.40. The maximum Gasteiger partial charge on any atom is 0.410 e. The number of carbonyl (C=O) groups is 3. The first-order chi connectivity index (χ1) is 19.9. The maximum absolute atomic E-state index is 13.2. The molecule has 1 aromatic carbocycles. The van der Waals surface area contributed by atoms with Crippen molar-refractivity contribution >= 4 is 40.9 Å². The van der Waals surface area contributed by atoms with Gasteiger partial charge in [-0.25, -0.2) is 9.78 Å². The molecule has 3 aliphatic rings. The Morgan fingerprint density at radius 2 is 1.64 bits per heavy atom. The van der Waals surface area contributed by atoms with E-state index in [2.05, 4.69) is 22.2 Å². The molecule has 0 aliphatic carbocycles. The number of likely N-dealkylation sites (N-methyl/N-ethyl adjacent to an activating group) is 2. The van der Waals surface area contributed by atoms with E-state index in [1.54, 1.807) is 16.8 Å². The summed E-state index contributed by atoms with van der Waals surface area (Å²) < 4.78 is 5.57. The van der Waals surface area contributed by atoms with Crippen molar-refractivity contribution in [3.63, 3.8) is 0 Å². The number of nitrogens with one attached hydrogen (secondary N) is 1. The first-order valence-electron chi connectivity index (χ1n) is 14.8. The van der Waals surface area contributed by atoms with Crippen LogP contribution in [-0.2, 0) is 9.53 Å². The molecule has 2 saturated heterocycles. The van der Waals surface area contributed by atoms with Crippen molar-refractivity contribution in [1.29, 1.82) is 0 Å². The number of pyridine rings is 1. The Labute approximate surface area is 248 Å². The summed E-state index contributed by atoms with van der Waals surface area (Å²) in [6.45, 7) is 11.8. The van der Waals surface area contributed by atoms with Crippen LogP contribution in [0, 0.1) is 0 Å². The third kappa shape index (κ3) is 6.30. The van der Waals surface area contributed by atoms with Gasteiger partial charge in [-0.15, -0.1) is 0 Å². The predicted octanol–water partition coefficient (Wildman–Crippen LogP) is 3.78. The highest BCUT2D eigenvalue weighted by molar-refractivity contribution is 6.04. The predicted molar refractivity (Wildman–Crippen MR) is 164 cm³/mol. The number of carbonyl (C=O) groups excluding carboxylic acids is 3. The smallest absolute Gasteiger partial charge is 0.410 e.